The summed E-state index contributed by atoms with van der Waals surface area (Å²) in [5.41, 5.74) is 3.25. The number of aliphatic hydroxyl groups excluding tert-OH is 2. The molecule has 198 valence electrons. The monoisotopic (exact) mass is 552 g/mol. The third kappa shape index (κ3) is 5.66. The normalized spacial score (nSPS) is 34.2. The minimum Gasteiger partial charge on any atom is -0.393 e. The average molecular weight is 554 g/mol. The number of benzene rings is 1. The van der Waals surface area contributed by atoms with Gasteiger partial charge in [0.25, 0.3) is 0 Å². The molecule has 2 N–H and O–H groups in total. The average Bonchev–Trinajstić information content (AvgIpc) is 3.18. The maximum absolute atomic E-state index is 13.0. The zero-order chi connectivity index (χ0) is 26.3. The van der Waals surface area contributed by atoms with E-state index < -0.39 is 22.0 Å². The molecule has 0 unspecified atom stereocenters. The minimum atomic E-state index is -3.43. The zero-order valence-corrected chi connectivity index (χ0v) is 23.5. The lowest BCUT2D eigenvalue weighted by Crippen LogP contribution is -2.36. The van der Waals surface area contributed by atoms with Crippen molar-refractivity contribution in [2.75, 3.05) is 5.75 Å². The summed E-state index contributed by atoms with van der Waals surface area (Å²) in [7, 11) is -3.43. The van der Waals surface area contributed by atoms with Crippen molar-refractivity contribution in [2.45, 2.75) is 82.3 Å². The fourth-order valence-corrected chi connectivity index (χ4v) is 8.86. The molecule has 0 amide bonds. The van der Waals surface area contributed by atoms with E-state index in [2.05, 4.69) is 32.6 Å². The molecule has 0 aromatic heterocycles. The lowest BCUT2D eigenvalue weighted by molar-refractivity contribution is 0.0861. The Morgan fingerprint density at radius 3 is 2.67 bits per heavy atom. The number of halogens is 2. The standard InChI is InChI=1S/C29H38Cl2O4S/c1-18(12-14-36(34,35)23-8-11-26(30)27(31)17-23)24-9-10-25-20(5-4-13-29(24,25)3)6-7-21-15-22(32)16-28(33)19(21)2/h6-8,11,17-18,22,24-25,28,32-33H,2,4-5,9-10,12-16H2,1,3H3/t18-,22-,24-,25+,28+,29-/m1/s1. The summed E-state index contributed by atoms with van der Waals surface area (Å²) < 4.78 is 26.0. The van der Waals surface area contributed by atoms with Gasteiger partial charge < -0.3 is 10.2 Å². The molecule has 36 heavy (non-hydrogen) atoms. The lowest BCUT2D eigenvalue weighted by atomic mass is 9.61. The largest absolute Gasteiger partial charge is 0.393 e. The maximum atomic E-state index is 13.0. The second-order valence-corrected chi connectivity index (χ2v) is 14.2. The van der Waals surface area contributed by atoms with Crippen molar-refractivity contribution in [1.29, 1.82) is 0 Å². The van der Waals surface area contributed by atoms with Crippen LogP contribution in [0.15, 0.2) is 58.5 Å². The van der Waals surface area contributed by atoms with E-state index in [0.717, 1.165) is 43.3 Å². The Balaban J connectivity index is 1.46. The molecule has 1 aromatic rings. The highest BCUT2D eigenvalue weighted by Crippen LogP contribution is 2.59. The van der Waals surface area contributed by atoms with Crippen LogP contribution in [0, 0.1) is 23.2 Å². The van der Waals surface area contributed by atoms with E-state index in [1.165, 1.54) is 23.8 Å². The van der Waals surface area contributed by atoms with Crippen LogP contribution in [0.25, 0.3) is 0 Å². The van der Waals surface area contributed by atoms with E-state index in [0.29, 0.717) is 42.0 Å². The van der Waals surface area contributed by atoms with E-state index in [1.54, 1.807) is 0 Å². The summed E-state index contributed by atoms with van der Waals surface area (Å²) in [6.07, 6.45) is 10.2. The van der Waals surface area contributed by atoms with Gasteiger partial charge in [-0.1, -0.05) is 61.4 Å². The van der Waals surface area contributed by atoms with Gasteiger partial charge in [-0.25, -0.2) is 8.42 Å². The summed E-state index contributed by atoms with van der Waals surface area (Å²) in [5, 5.41) is 20.9. The van der Waals surface area contributed by atoms with Gasteiger partial charge in [0.05, 0.1) is 32.9 Å². The van der Waals surface area contributed by atoms with E-state index in [-0.39, 0.29) is 21.1 Å². The molecular formula is C29H38Cl2O4S. The highest BCUT2D eigenvalue weighted by Gasteiger charge is 2.50. The van der Waals surface area contributed by atoms with Crippen molar-refractivity contribution >= 4 is 33.0 Å². The van der Waals surface area contributed by atoms with Crippen LogP contribution in [0.4, 0.5) is 0 Å². The molecule has 7 heteroatoms. The fourth-order valence-electron chi connectivity index (χ4n) is 7.01. The van der Waals surface area contributed by atoms with Gasteiger partial charge in [0.15, 0.2) is 9.84 Å². The van der Waals surface area contributed by atoms with Crippen molar-refractivity contribution in [3.63, 3.8) is 0 Å². The highest BCUT2D eigenvalue weighted by atomic mass is 35.5. The van der Waals surface area contributed by atoms with Crippen LogP contribution in [0.2, 0.25) is 10.0 Å². The number of hydrogen-bond donors (Lipinski definition) is 2. The number of fused-ring (bicyclic) bond motifs is 1. The van der Waals surface area contributed by atoms with Gasteiger partial charge in [-0.2, -0.15) is 0 Å². The first-order valence-electron chi connectivity index (χ1n) is 13.0. The van der Waals surface area contributed by atoms with E-state index >= 15 is 0 Å². The lowest BCUT2D eigenvalue weighted by Gasteiger charge is -2.44. The van der Waals surface area contributed by atoms with Gasteiger partial charge in [0, 0.05) is 6.42 Å². The van der Waals surface area contributed by atoms with Crippen molar-refractivity contribution < 1.29 is 18.6 Å². The molecule has 0 bridgehead atoms. The molecule has 3 aliphatic carbocycles. The second kappa shape index (κ2) is 10.9. The summed E-state index contributed by atoms with van der Waals surface area (Å²) in [5.74, 6) is 1.34. The Labute approximate surface area is 226 Å². The Kier molecular flexibility index (Phi) is 8.48. The molecule has 0 spiro atoms. The molecule has 1 aromatic carbocycles. The summed E-state index contributed by atoms with van der Waals surface area (Å²) >= 11 is 12.0. The zero-order valence-electron chi connectivity index (χ0n) is 21.2. The number of rotatable bonds is 6. The van der Waals surface area contributed by atoms with Gasteiger partial charge in [0.2, 0.25) is 0 Å². The first kappa shape index (κ1) is 27.9. The number of allylic oxidation sites excluding steroid dienone is 3. The van der Waals surface area contributed by atoms with Crippen LogP contribution in [0.3, 0.4) is 0 Å². The predicted octanol–water partition coefficient (Wildman–Crippen LogP) is 6.93. The van der Waals surface area contributed by atoms with Crippen molar-refractivity contribution in [3.8, 4) is 0 Å². The Bertz CT molecular complexity index is 1170. The Morgan fingerprint density at radius 1 is 1.19 bits per heavy atom. The molecule has 4 nitrogen and oxygen atoms in total. The maximum Gasteiger partial charge on any atom is 0.178 e. The molecule has 3 saturated carbocycles. The van der Waals surface area contributed by atoms with Gasteiger partial charge in [-0.05, 0) is 97.5 Å². The van der Waals surface area contributed by atoms with Crippen molar-refractivity contribution in [2.24, 2.45) is 23.2 Å². The van der Waals surface area contributed by atoms with Gasteiger partial charge in [0.1, 0.15) is 0 Å². The van der Waals surface area contributed by atoms with Crippen LogP contribution in [-0.4, -0.2) is 36.6 Å². The summed E-state index contributed by atoms with van der Waals surface area (Å²) in [6.45, 7) is 8.64. The number of sulfone groups is 1. The molecule has 6 atom stereocenters. The van der Waals surface area contributed by atoms with Gasteiger partial charge >= 0.3 is 0 Å². The molecule has 3 fully saturated rings. The van der Waals surface area contributed by atoms with Crippen LogP contribution in [0.1, 0.15) is 65.2 Å². The SMILES string of the molecule is C=C1C(=CC=C2CCC[C@]3(C)[C@@H]([C@H](C)CCS(=O)(=O)c4ccc(Cl)c(Cl)c4)CC[C@@H]23)C[C@@H](O)C[C@@H]1O. The molecule has 0 heterocycles. The number of aliphatic hydroxyl groups is 2. The Morgan fingerprint density at radius 2 is 1.94 bits per heavy atom. The first-order valence-corrected chi connectivity index (χ1v) is 15.5. The second-order valence-electron chi connectivity index (χ2n) is 11.3. The predicted molar refractivity (Wildman–Crippen MR) is 147 cm³/mol. The smallest absolute Gasteiger partial charge is 0.178 e. The van der Waals surface area contributed by atoms with Crippen LogP contribution in [0.5, 0.6) is 0 Å². The van der Waals surface area contributed by atoms with Crippen LogP contribution < -0.4 is 0 Å². The van der Waals surface area contributed by atoms with Gasteiger partial charge in [-0.3, -0.25) is 0 Å². The minimum absolute atomic E-state index is 0.102. The molecule has 0 saturated heterocycles. The summed E-state index contributed by atoms with van der Waals surface area (Å²) in [4.78, 5) is 0.232. The quantitative estimate of drug-likeness (QED) is 0.401. The number of hydrogen-bond acceptors (Lipinski definition) is 4. The van der Waals surface area contributed by atoms with E-state index in [4.69, 9.17) is 23.2 Å². The highest BCUT2D eigenvalue weighted by molar-refractivity contribution is 7.91. The van der Waals surface area contributed by atoms with E-state index in [9.17, 15) is 18.6 Å². The summed E-state index contributed by atoms with van der Waals surface area (Å²) in [6, 6.07) is 4.52. The fraction of sp³-hybridized carbons (Fsp3) is 0.586. The van der Waals surface area contributed by atoms with E-state index in [1.807, 2.05) is 0 Å². The third-order valence-corrected chi connectivity index (χ3v) is 11.6. The molecule has 4 rings (SSSR count). The molecule has 0 aliphatic heterocycles. The molecule has 0 radical (unpaired) electrons. The van der Waals surface area contributed by atoms with Gasteiger partial charge in [-0.15, -0.1) is 0 Å². The van der Waals surface area contributed by atoms with Crippen molar-refractivity contribution in [1.82, 2.24) is 0 Å². The Hall–Kier alpha value is -1.11. The topological polar surface area (TPSA) is 74.6 Å². The van der Waals surface area contributed by atoms with Crippen LogP contribution >= 0.6 is 23.2 Å². The third-order valence-electron chi connectivity index (χ3n) is 9.08. The van der Waals surface area contributed by atoms with Crippen molar-refractivity contribution in [3.05, 3.63) is 63.7 Å². The van der Waals surface area contributed by atoms with Crippen LogP contribution in [-0.2, 0) is 9.84 Å². The first-order chi connectivity index (χ1) is 16.9. The molecule has 3 aliphatic rings. The molecular weight excluding hydrogens is 515 g/mol.